The Morgan fingerprint density at radius 1 is 0.913 bits per heavy atom. The summed E-state index contributed by atoms with van der Waals surface area (Å²) in [6.45, 7) is 8.41. The van der Waals surface area contributed by atoms with Gasteiger partial charge in [0.2, 0.25) is 5.78 Å². The van der Waals surface area contributed by atoms with Gasteiger partial charge in [-0.1, -0.05) is 61.3 Å². The molecule has 0 amide bonds. The second kappa shape index (κ2) is 7.14. The molecule has 2 heteroatoms. The molecule has 0 aromatic heterocycles. The van der Waals surface area contributed by atoms with E-state index >= 15 is 0 Å². The molecule has 23 heavy (non-hydrogen) atoms. The van der Waals surface area contributed by atoms with Crippen LogP contribution in [-0.4, -0.2) is 13.9 Å². The first-order valence-corrected chi connectivity index (χ1v) is 11.1. The predicted octanol–water partition coefficient (Wildman–Crippen LogP) is 4.46. The molecule has 0 heterocycles. The van der Waals surface area contributed by atoms with Crippen LogP contribution < -0.4 is 0 Å². The zero-order valence-corrected chi connectivity index (χ0v) is 15.0. The molecule has 0 aliphatic rings. The van der Waals surface area contributed by atoms with E-state index in [1.165, 1.54) is 5.56 Å². The number of Topliss-reactive ketones (excluding diaryl/α,β-unsaturated/α-hetero) is 1. The molecule has 0 aliphatic heterocycles. The van der Waals surface area contributed by atoms with Crippen molar-refractivity contribution in [1.29, 1.82) is 0 Å². The Labute approximate surface area is 139 Å². The standard InChI is InChI=1S/C21H20OSi/c1-17-9-11-18(12-10-17)13-14-19-7-5-6-8-20(19)21(22)15-16-23(2,3)4/h5-12H,1-4H3. The van der Waals surface area contributed by atoms with E-state index in [9.17, 15) is 4.79 Å². The van der Waals surface area contributed by atoms with E-state index in [0.29, 0.717) is 5.56 Å². The quantitative estimate of drug-likeness (QED) is 0.431. The average Bonchev–Trinajstić information content (AvgIpc) is 2.52. The van der Waals surface area contributed by atoms with Crippen LogP contribution in [0.5, 0.6) is 0 Å². The second-order valence-electron chi connectivity index (χ2n) is 6.49. The van der Waals surface area contributed by atoms with Crippen LogP contribution in [-0.2, 0) is 0 Å². The summed E-state index contributed by atoms with van der Waals surface area (Å²) in [5, 5.41) is 0. The number of rotatable bonds is 1. The van der Waals surface area contributed by atoms with Gasteiger partial charge >= 0.3 is 0 Å². The van der Waals surface area contributed by atoms with Crippen molar-refractivity contribution < 1.29 is 4.79 Å². The highest BCUT2D eigenvalue weighted by Gasteiger charge is 2.11. The molecule has 0 saturated carbocycles. The SMILES string of the molecule is Cc1ccc(C#Cc2ccccc2C(=O)C#C[Si](C)(C)C)cc1. The minimum atomic E-state index is -1.56. The van der Waals surface area contributed by atoms with Crippen LogP contribution in [0.2, 0.25) is 19.6 Å². The van der Waals surface area contributed by atoms with Crippen LogP contribution >= 0.6 is 0 Å². The Hall–Kier alpha value is -2.55. The van der Waals surface area contributed by atoms with Crippen LogP contribution in [0.4, 0.5) is 0 Å². The summed E-state index contributed by atoms with van der Waals surface area (Å²) < 4.78 is 0. The van der Waals surface area contributed by atoms with Gasteiger partial charge in [0.25, 0.3) is 0 Å². The molecule has 114 valence electrons. The van der Waals surface area contributed by atoms with Crippen molar-refractivity contribution in [3.8, 4) is 23.3 Å². The lowest BCUT2D eigenvalue weighted by atomic mass is 10.0. The zero-order chi connectivity index (χ0) is 16.9. The Morgan fingerprint density at radius 2 is 1.57 bits per heavy atom. The molecule has 0 radical (unpaired) electrons. The molecule has 0 fully saturated rings. The van der Waals surface area contributed by atoms with Gasteiger partial charge in [0.15, 0.2) is 0 Å². The van der Waals surface area contributed by atoms with E-state index in [1.54, 1.807) is 6.07 Å². The third-order valence-electron chi connectivity index (χ3n) is 3.12. The fourth-order valence-electron chi connectivity index (χ4n) is 1.88. The fourth-order valence-corrected chi connectivity index (χ4v) is 2.37. The molecule has 0 saturated heterocycles. The molecular formula is C21H20OSi. The van der Waals surface area contributed by atoms with Crippen molar-refractivity contribution in [2.75, 3.05) is 0 Å². The topological polar surface area (TPSA) is 17.1 Å². The third-order valence-corrected chi connectivity index (χ3v) is 3.99. The molecule has 0 bridgehead atoms. The number of hydrogen-bond donors (Lipinski definition) is 0. The molecule has 1 nitrogen and oxygen atoms in total. The van der Waals surface area contributed by atoms with Crippen LogP contribution in [0.3, 0.4) is 0 Å². The molecule has 2 aromatic carbocycles. The van der Waals surface area contributed by atoms with Crippen molar-refractivity contribution in [2.45, 2.75) is 26.6 Å². The van der Waals surface area contributed by atoms with Gasteiger partial charge in [0, 0.05) is 16.7 Å². The van der Waals surface area contributed by atoms with Gasteiger partial charge in [-0.15, -0.1) is 5.54 Å². The summed E-state index contributed by atoms with van der Waals surface area (Å²) in [4.78, 5) is 12.3. The normalized spacial score (nSPS) is 10.1. The lowest BCUT2D eigenvalue weighted by Crippen LogP contribution is -2.17. The maximum absolute atomic E-state index is 12.3. The molecule has 0 atom stereocenters. The lowest BCUT2D eigenvalue weighted by Gasteiger charge is -2.03. The first-order chi connectivity index (χ1) is 10.8. The van der Waals surface area contributed by atoms with Crippen LogP contribution in [0.15, 0.2) is 48.5 Å². The van der Waals surface area contributed by atoms with Gasteiger partial charge in [0.05, 0.1) is 0 Å². The van der Waals surface area contributed by atoms with Crippen molar-refractivity contribution >= 4 is 13.9 Å². The Bertz CT molecular complexity index is 832. The lowest BCUT2D eigenvalue weighted by molar-refractivity contribution is 0.105. The first kappa shape index (κ1) is 16.8. The Balaban J connectivity index is 2.33. The summed E-state index contributed by atoms with van der Waals surface area (Å²) in [6, 6.07) is 15.4. The van der Waals surface area contributed by atoms with E-state index in [2.05, 4.69) is 42.9 Å². The zero-order valence-electron chi connectivity index (χ0n) is 14.0. The summed E-state index contributed by atoms with van der Waals surface area (Å²) >= 11 is 0. The van der Waals surface area contributed by atoms with Crippen molar-refractivity contribution in [1.82, 2.24) is 0 Å². The van der Waals surface area contributed by atoms with E-state index in [1.807, 2.05) is 49.4 Å². The smallest absolute Gasteiger partial charge is 0.236 e. The molecule has 0 aliphatic carbocycles. The van der Waals surface area contributed by atoms with Gasteiger partial charge in [-0.3, -0.25) is 4.79 Å². The molecular weight excluding hydrogens is 296 g/mol. The highest BCUT2D eigenvalue weighted by atomic mass is 28.3. The summed E-state index contributed by atoms with van der Waals surface area (Å²) in [5.74, 6) is 8.85. The fraction of sp³-hybridized carbons (Fsp3) is 0.190. The van der Waals surface area contributed by atoms with Crippen molar-refractivity contribution in [2.24, 2.45) is 0 Å². The van der Waals surface area contributed by atoms with Crippen LogP contribution in [0, 0.1) is 30.2 Å². The summed E-state index contributed by atoms with van der Waals surface area (Å²) in [7, 11) is -1.56. The Morgan fingerprint density at radius 3 is 2.22 bits per heavy atom. The van der Waals surface area contributed by atoms with Gasteiger partial charge < -0.3 is 0 Å². The summed E-state index contributed by atoms with van der Waals surface area (Å²) in [5.41, 5.74) is 6.56. The maximum atomic E-state index is 12.3. The highest BCUT2D eigenvalue weighted by molar-refractivity contribution is 6.84. The minimum absolute atomic E-state index is 0.152. The molecule has 0 spiro atoms. The predicted molar refractivity (Wildman–Crippen MR) is 99.1 cm³/mol. The minimum Gasteiger partial charge on any atom is -0.279 e. The number of benzene rings is 2. The van der Waals surface area contributed by atoms with Crippen LogP contribution in [0.1, 0.15) is 27.0 Å². The first-order valence-electron chi connectivity index (χ1n) is 7.60. The van der Waals surface area contributed by atoms with Gasteiger partial charge in [-0.25, -0.2) is 0 Å². The van der Waals surface area contributed by atoms with Gasteiger partial charge in [-0.05, 0) is 37.1 Å². The largest absolute Gasteiger partial charge is 0.279 e. The highest BCUT2D eigenvalue weighted by Crippen LogP contribution is 2.09. The van der Waals surface area contributed by atoms with Crippen molar-refractivity contribution in [3.05, 3.63) is 70.8 Å². The van der Waals surface area contributed by atoms with E-state index in [0.717, 1.165) is 11.1 Å². The Kier molecular flexibility index (Phi) is 5.22. The van der Waals surface area contributed by atoms with E-state index < -0.39 is 8.07 Å². The summed E-state index contributed by atoms with van der Waals surface area (Å²) in [6.07, 6.45) is 0. The number of hydrogen-bond acceptors (Lipinski definition) is 1. The van der Waals surface area contributed by atoms with E-state index in [-0.39, 0.29) is 5.78 Å². The van der Waals surface area contributed by atoms with E-state index in [4.69, 9.17) is 0 Å². The third kappa shape index (κ3) is 5.29. The average molecular weight is 316 g/mol. The number of carbonyl (C=O) groups excluding carboxylic acids is 1. The molecule has 0 N–H and O–H groups in total. The number of ketones is 1. The van der Waals surface area contributed by atoms with Gasteiger partial charge in [0.1, 0.15) is 8.07 Å². The van der Waals surface area contributed by atoms with Crippen molar-refractivity contribution in [3.63, 3.8) is 0 Å². The van der Waals surface area contributed by atoms with Crippen LogP contribution in [0.25, 0.3) is 0 Å². The maximum Gasteiger partial charge on any atom is 0.236 e. The number of aryl methyl sites for hydroxylation is 1. The molecule has 0 unspecified atom stereocenters. The number of carbonyl (C=O) groups is 1. The monoisotopic (exact) mass is 316 g/mol. The molecule has 2 aromatic rings. The van der Waals surface area contributed by atoms with Gasteiger partial charge in [-0.2, -0.15) is 0 Å². The second-order valence-corrected chi connectivity index (χ2v) is 11.2. The molecule has 2 rings (SSSR count).